The second-order valence-corrected chi connectivity index (χ2v) is 7.73. The number of benzene rings is 3. The zero-order chi connectivity index (χ0) is 24.4. The van der Waals surface area contributed by atoms with Crippen LogP contribution in [0.3, 0.4) is 0 Å². The van der Waals surface area contributed by atoms with E-state index in [0.717, 1.165) is 0 Å². The van der Waals surface area contributed by atoms with Crippen molar-refractivity contribution in [3.63, 3.8) is 0 Å². The molecule has 0 bridgehead atoms. The van der Waals surface area contributed by atoms with Gasteiger partial charge < -0.3 is 28.1 Å². The van der Waals surface area contributed by atoms with Crippen LogP contribution in [0.2, 0.25) is 0 Å². The van der Waals surface area contributed by atoms with E-state index in [4.69, 9.17) is 28.1 Å². The first-order valence-corrected chi connectivity index (χ1v) is 10.9. The number of para-hydroxylation sites is 1. The van der Waals surface area contributed by atoms with Crippen molar-refractivity contribution < 1.29 is 32.9 Å². The lowest BCUT2D eigenvalue weighted by Gasteiger charge is -2.18. The second-order valence-electron chi connectivity index (χ2n) is 7.73. The molecule has 0 unspecified atom stereocenters. The van der Waals surface area contributed by atoms with E-state index < -0.39 is 0 Å². The molecule has 2 heterocycles. The number of ketones is 1. The first kappa shape index (κ1) is 22.3. The molecule has 0 radical (unpaired) electrons. The van der Waals surface area contributed by atoms with E-state index in [-0.39, 0.29) is 29.3 Å². The van der Waals surface area contributed by atoms with Gasteiger partial charge in [-0.05, 0) is 48.5 Å². The molecule has 1 aromatic heterocycles. The molecule has 0 atom stereocenters. The van der Waals surface area contributed by atoms with Gasteiger partial charge >= 0.3 is 0 Å². The average molecular weight is 474 g/mol. The van der Waals surface area contributed by atoms with Crippen LogP contribution < -0.4 is 29.1 Å². The number of rotatable bonds is 7. The molecule has 8 heteroatoms. The summed E-state index contributed by atoms with van der Waals surface area (Å²) >= 11 is 0. The third-order valence-electron chi connectivity index (χ3n) is 5.61. The van der Waals surface area contributed by atoms with Gasteiger partial charge in [-0.1, -0.05) is 12.1 Å². The van der Waals surface area contributed by atoms with Gasteiger partial charge in [-0.15, -0.1) is 0 Å². The number of hydrogen-bond donors (Lipinski definition) is 0. The Hall–Kier alpha value is -4.46. The Labute approximate surface area is 200 Å². The van der Waals surface area contributed by atoms with Crippen LogP contribution in [-0.2, 0) is 0 Å². The number of fused-ring (bicyclic) bond motifs is 2. The summed E-state index contributed by atoms with van der Waals surface area (Å²) in [6.07, 6.45) is 0. The van der Waals surface area contributed by atoms with Crippen molar-refractivity contribution in [1.82, 2.24) is 0 Å². The fraction of sp³-hybridized carbons (Fsp3) is 0.185. The van der Waals surface area contributed by atoms with Crippen LogP contribution in [0, 0.1) is 0 Å². The molecule has 0 saturated heterocycles. The van der Waals surface area contributed by atoms with Gasteiger partial charge in [0, 0.05) is 11.1 Å². The van der Waals surface area contributed by atoms with E-state index >= 15 is 0 Å². The Morgan fingerprint density at radius 2 is 1.66 bits per heavy atom. The molecule has 1 aliphatic rings. The Morgan fingerprint density at radius 1 is 0.886 bits per heavy atom. The van der Waals surface area contributed by atoms with Gasteiger partial charge in [0.25, 0.3) is 0 Å². The Morgan fingerprint density at radius 3 is 2.46 bits per heavy atom. The Balaban J connectivity index is 1.52. The monoisotopic (exact) mass is 474 g/mol. The molecule has 0 spiro atoms. The maximum Gasteiger partial charge on any atom is 0.235 e. The number of carbonyl (C=O) groups excluding carboxylic acids is 1. The van der Waals surface area contributed by atoms with Gasteiger partial charge in [0.15, 0.2) is 41.1 Å². The van der Waals surface area contributed by atoms with E-state index in [0.29, 0.717) is 58.3 Å². The Kier molecular flexibility index (Phi) is 6.01. The molecule has 0 saturated carbocycles. The normalized spacial score (nSPS) is 12.3. The molecule has 3 aromatic carbocycles. The van der Waals surface area contributed by atoms with Crippen molar-refractivity contribution in [3.05, 3.63) is 76.5 Å². The summed E-state index contributed by atoms with van der Waals surface area (Å²) < 4.78 is 33.7. The number of ether oxygens (including phenoxy) is 5. The molecular weight excluding hydrogens is 452 g/mol. The largest absolute Gasteiger partial charge is 0.493 e. The zero-order valence-electron chi connectivity index (χ0n) is 19.2. The van der Waals surface area contributed by atoms with Crippen molar-refractivity contribution in [1.29, 1.82) is 0 Å². The zero-order valence-corrected chi connectivity index (χ0v) is 19.2. The van der Waals surface area contributed by atoms with Crippen LogP contribution >= 0.6 is 0 Å². The van der Waals surface area contributed by atoms with Gasteiger partial charge in [-0.25, -0.2) is 0 Å². The summed E-state index contributed by atoms with van der Waals surface area (Å²) in [5.41, 5.74) is 0.929. The lowest BCUT2D eigenvalue weighted by atomic mass is 10.1. The number of methoxy groups -OCH3 is 2. The second kappa shape index (κ2) is 9.42. The summed E-state index contributed by atoms with van der Waals surface area (Å²) in [6.45, 7) is 0.497. The first-order chi connectivity index (χ1) is 17.1. The molecule has 35 heavy (non-hydrogen) atoms. The van der Waals surface area contributed by atoms with E-state index in [2.05, 4.69) is 0 Å². The highest BCUT2D eigenvalue weighted by molar-refractivity contribution is 5.98. The SMILES string of the molecule is COc1ccc(-c2oc3ccccc3c(=O)c2OCC(=O)c2ccc3c(c2)OCCO3)cc1OC. The fourth-order valence-electron chi connectivity index (χ4n) is 3.86. The highest BCUT2D eigenvalue weighted by Gasteiger charge is 2.21. The van der Waals surface area contributed by atoms with Gasteiger partial charge in [0.1, 0.15) is 18.8 Å². The topological polar surface area (TPSA) is 93.4 Å². The number of carbonyl (C=O) groups is 1. The predicted molar refractivity (Wildman–Crippen MR) is 128 cm³/mol. The van der Waals surface area contributed by atoms with E-state index in [1.807, 2.05) is 0 Å². The van der Waals surface area contributed by atoms with Crippen molar-refractivity contribution in [3.8, 4) is 40.1 Å². The number of hydrogen-bond acceptors (Lipinski definition) is 8. The van der Waals surface area contributed by atoms with Gasteiger partial charge in [-0.3, -0.25) is 9.59 Å². The summed E-state index contributed by atoms with van der Waals surface area (Å²) in [6, 6.07) is 16.9. The van der Waals surface area contributed by atoms with E-state index in [1.165, 1.54) is 14.2 Å². The minimum absolute atomic E-state index is 0.0678. The lowest BCUT2D eigenvalue weighted by molar-refractivity contribution is 0.0919. The van der Waals surface area contributed by atoms with Crippen LogP contribution in [0.15, 0.2) is 69.9 Å². The standard InChI is InChI=1S/C27H22O8/c1-30-21-9-8-17(14-23(21)31-2)26-27(25(29)18-5-3-4-6-20(18)35-26)34-15-19(28)16-7-10-22-24(13-16)33-12-11-32-22/h3-10,13-14H,11-12,15H2,1-2H3. The van der Waals surface area contributed by atoms with Crippen LogP contribution in [-0.4, -0.2) is 39.8 Å². The summed E-state index contributed by atoms with van der Waals surface area (Å²) in [7, 11) is 3.05. The fourth-order valence-corrected chi connectivity index (χ4v) is 3.86. The van der Waals surface area contributed by atoms with Crippen LogP contribution in [0.25, 0.3) is 22.3 Å². The highest BCUT2D eigenvalue weighted by Crippen LogP contribution is 2.37. The summed E-state index contributed by atoms with van der Waals surface area (Å²) in [4.78, 5) is 26.3. The summed E-state index contributed by atoms with van der Waals surface area (Å²) in [5, 5.41) is 0.346. The van der Waals surface area contributed by atoms with Crippen LogP contribution in [0.5, 0.6) is 28.7 Å². The molecule has 0 fully saturated rings. The number of Topliss-reactive ketones (excluding diaryl/α,β-unsaturated/α-hetero) is 1. The molecule has 4 aromatic rings. The highest BCUT2D eigenvalue weighted by atomic mass is 16.6. The summed E-state index contributed by atoms with van der Waals surface area (Å²) in [5.74, 6) is 1.85. The third-order valence-corrected chi connectivity index (χ3v) is 5.61. The van der Waals surface area contributed by atoms with Crippen molar-refractivity contribution >= 4 is 16.8 Å². The first-order valence-electron chi connectivity index (χ1n) is 10.9. The van der Waals surface area contributed by atoms with Crippen LogP contribution in [0.4, 0.5) is 0 Å². The van der Waals surface area contributed by atoms with Gasteiger partial charge in [0.2, 0.25) is 11.2 Å². The van der Waals surface area contributed by atoms with E-state index in [1.54, 1.807) is 60.7 Å². The average Bonchev–Trinajstić information content (AvgIpc) is 2.91. The van der Waals surface area contributed by atoms with E-state index in [9.17, 15) is 9.59 Å². The minimum atomic E-state index is -0.383. The van der Waals surface area contributed by atoms with Crippen molar-refractivity contribution in [2.75, 3.05) is 34.0 Å². The molecule has 0 amide bonds. The quantitative estimate of drug-likeness (QED) is 0.361. The Bertz CT molecular complexity index is 1470. The molecule has 8 nitrogen and oxygen atoms in total. The molecule has 1 aliphatic heterocycles. The predicted octanol–water partition coefficient (Wildman–Crippen LogP) is 4.51. The van der Waals surface area contributed by atoms with Crippen LogP contribution in [0.1, 0.15) is 10.4 Å². The minimum Gasteiger partial charge on any atom is -0.493 e. The molecule has 178 valence electrons. The van der Waals surface area contributed by atoms with Gasteiger partial charge in [0.05, 0.1) is 19.6 Å². The lowest BCUT2D eigenvalue weighted by Crippen LogP contribution is -2.18. The smallest absolute Gasteiger partial charge is 0.235 e. The van der Waals surface area contributed by atoms with Crippen molar-refractivity contribution in [2.24, 2.45) is 0 Å². The van der Waals surface area contributed by atoms with Crippen molar-refractivity contribution in [2.45, 2.75) is 0 Å². The third kappa shape index (κ3) is 4.26. The molecular formula is C27H22O8. The maximum absolute atomic E-state index is 13.4. The molecule has 0 N–H and O–H groups in total. The molecule has 0 aliphatic carbocycles. The maximum atomic E-state index is 13.4. The molecule has 5 rings (SSSR count). The van der Waals surface area contributed by atoms with Gasteiger partial charge in [-0.2, -0.15) is 0 Å².